The van der Waals surface area contributed by atoms with E-state index in [-0.39, 0.29) is 11.9 Å². The van der Waals surface area contributed by atoms with Crippen LogP contribution in [-0.4, -0.2) is 11.1 Å². The van der Waals surface area contributed by atoms with Crippen molar-refractivity contribution in [3.8, 4) is 5.75 Å². The molecule has 0 aliphatic heterocycles. The lowest BCUT2D eigenvalue weighted by Crippen LogP contribution is -2.30. The van der Waals surface area contributed by atoms with Crippen molar-refractivity contribution in [3.05, 3.63) is 118 Å². The summed E-state index contributed by atoms with van der Waals surface area (Å²) in [5.41, 5.74) is 7.22. The van der Waals surface area contributed by atoms with E-state index in [0.717, 1.165) is 39.5 Å². The average Bonchev–Trinajstić information content (AvgIpc) is 3.15. The van der Waals surface area contributed by atoms with Gasteiger partial charge in [-0.1, -0.05) is 76.9 Å². The Morgan fingerprint density at radius 3 is 1.91 bits per heavy atom. The number of carbonyl (C=O) groups excluding carboxylic acids is 1. The van der Waals surface area contributed by atoms with Gasteiger partial charge in [0.1, 0.15) is 18.1 Å². The highest BCUT2D eigenvalue weighted by atomic mass is 16.5. The van der Waals surface area contributed by atoms with Gasteiger partial charge in [0, 0.05) is 0 Å². The second-order valence-electron chi connectivity index (χ2n) is 8.73. The van der Waals surface area contributed by atoms with E-state index in [1.807, 2.05) is 38.1 Å². The molecule has 0 saturated heterocycles. The highest BCUT2D eigenvalue weighted by Gasteiger charge is 2.17. The molecule has 4 rings (SSSR count). The van der Waals surface area contributed by atoms with Crippen LogP contribution in [0.1, 0.15) is 50.9 Å². The monoisotopic (exact) mass is 454 g/mol. The zero-order valence-corrected chi connectivity index (χ0v) is 20.1. The second kappa shape index (κ2) is 10.4. The molecule has 0 atom stereocenters. The summed E-state index contributed by atoms with van der Waals surface area (Å²) in [4.78, 5) is 13.0. The number of nitrogens with zero attached hydrogens (tertiary/aromatic N) is 1. The van der Waals surface area contributed by atoms with Crippen LogP contribution in [0.3, 0.4) is 0 Å². The van der Waals surface area contributed by atoms with Crippen LogP contribution < -0.4 is 10.1 Å². The Hall–Kier alpha value is -3.86. The smallest absolute Gasteiger partial charge is 0.225 e. The molecule has 1 amide bonds. The van der Waals surface area contributed by atoms with Crippen molar-refractivity contribution in [3.63, 3.8) is 0 Å². The topological polar surface area (TPSA) is 64.4 Å². The van der Waals surface area contributed by atoms with Gasteiger partial charge >= 0.3 is 0 Å². The molecular formula is C29H30N2O3. The van der Waals surface area contributed by atoms with E-state index in [1.165, 1.54) is 11.1 Å². The Morgan fingerprint density at radius 1 is 0.853 bits per heavy atom. The minimum atomic E-state index is -0.202. The van der Waals surface area contributed by atoms with Crippen LogP contribution in [0.5, 0.6) is 5.75 Å². The summed E-state index contributed by atoms with van der Waals surface area (Å²) in [6.07, 6.45) is 0.290. The van der Waals surface area contributed by atoms with Gasteiger partial charge in [-0.25, -0.2) is 0 Å². The largest absolute Gasteiger partial charge is 0.489 e. The molecule has 5 heteroatoms. The maximum absolute atomic E-state index is 13.0. The molecule has 1 N–H and O–H groups in total. The standard InChI is InChI=1S/C29H30N2O3/c1-19-5-11-24(12-6-19)29(25-13-7-20(2)8-14-25)30-28(32)17-23-9-15-26(16-10-23)33-18-27-21(3)31-34-22(27)4/h5-16,29H,17-18H2,1-4H3,(H,30,32). The highest BCUT2D eigenvalue weighted by Crippen LogP contribution is 2.24. The van der Waals surface area contributed by atoms with Crippen molar-refractivity contribution < 1.29 is 14.1 Å². The quantitative estimate of drug-likeness (QED) is 0.358. The van der Waals surface area contributed by atoms with Crippen molar-refractivity contribution in [1.82, 2.24) is 10.5 Å². The molecule has 1 aromatic heterocycles. The molecule has 34 heavy (non-hydrogen) atoms. The van der Waals surface area contributed by atoms with E-state index < -0.39 is 0 Å². The van der Waals surface area contributed by atoms with Crippen molar-refractivity contribution in [2.24, 2.45) is 0 Å². The maximum atomic E-state index is 13.0. The molecule has 0 aliphatic carbocycles. The second-order valence-corrected chi connectivity index (χ2v) is 8.73. The zero-order chi connectivity index (χ0) is 24.1. The van der Waals surface area contributed by atoms with Crippen LogP contribution in [0.15, 0.2) is 77.3 Å². The zero-order valence-electron chi connectivity index (χ0n) is 20.1. The number of carbonyl (C=O) groups is 1. The molecule has 0 aliphatic rings. The molecule has 5 nitrogen and oxygen atoms in total. The lowest BCUT2D eigenvalue weighted by atomic mass is 9.96. The molecule has 0 unspecified atom stereocenters. The van der Waals surface area contributed by atoms with Crippen LogP contribution in [-0.2, 0) is 17.8 Å². The van der Waals surface area contributed by atoms with Gasteiger partial charge < -0.3 is 14.6 Å². The molecular weight excluding hydrogens is 424 g/mol. The van der Waals surface area contributed by atoms with E-state index in [1.54, 1.807) is 0 Å². The summed E-state index contributed by atoms with van der Waals surface area (Å²) in [6, 6.07) is 24.0. The van der Waals surface area contributed by atoms with Crippen molar-refractivity contribution in [2.45, 2.75) is 46.8 Å². The predicted molar refractivity (Wildman–Crippen MR) is 133 cm³/mol. The minimum absolute atomic E-state index is 0.0319. The number of amides is 1. The Kier molecular flexibility index (Phi) is 7.12. The van der Waals surface area contributed by atoms with Crippen molar-refractivity contribution in [2.75, 3.05) is 0 Å². The molecule has 0 bridgehead atoms. The molecule has 4 aromatic rings. The first-order valence-corrected chi connectivity index (χ1v) is 11.4. The molecule has 0 saturated carbocycles. The molecule has 0 radical (unpaired) electrons. The molecule has 3 aromatic carbocycles. The lowest BCUT2D eigenvalue weighted by Gasteiger charge is -2.20. The number of aromatic nitrogens is 1. The normalized spacial score (nSPS) is 11.0. The average molecular weight is 455 g/mol. The number of rotatable bonds is 8. The lowest BCUT2D eigenvalue weighted by molar-refractivity contribution is -0.120. The Bertz CT molecular complexity index is 1180. The Labute approximate surface area is 200 Å². The molecule has 1 heterocycles. The fraction of sp³-hybridized carbons (Fsp3) is 0.241. The third kappa shape index (κ3) is 5.73. The van der Waals surface area contributed by atoms with Crippen LogP contribution in [0.25, 0.3) is 0 Å². The van der Waals surface area contributed by atoms with E-state index in [4.69, 9.17) is 9.26 Å². The van der Waals surface area contributed by atoms with Crippen LogP contribution in [0.2, 0.25) is 0 Å². The van der Waals surface area contributed by atoms with Crippen molar-refractivity contribution >= 4 is 5.91 Å². The van der Waals surface area contributed by atoms with E-state index in [0.29, 0.717) is 13.0 Å². The molecule has 0 fully saturated rings. The van der Waals surface area contributed by atoms with Gasteiger partial charge in [-0.15, -0.1) is 0 Å². The van der Waals surface area contributed by atoms with Crippen LogP contribution in [0.4, 0.5) is 0 Å². The first-order chi connectivity index (χ1) is 16.4. The number of ether oxygens (including phenoxy) is 1. The summed E-state index contributed by atoms with van der Waals surface area (Å²) in [6.45, 7) is 8.30. The molecule has 174 valence electrons. The number of benzene rings is 3. The SMILES string of the molecule is Cc1ccc(C(NC(=O)Cc2ccc(OCc3c(C)noc3C)cc2)c2ccc(C)cc2)cc1. The number of nitrogens with one attached hydrogen (secondary N) is 1. The Balaban J connectivity index is 1.42. The number of hydrogen-bond acceptors (Lipinski definition) is 4. The van der Waals surface area contributed by atoms with E-state index in [2.05, 4.69) is 72.9 Å². The van der Waals surface area contributed by atoms with Gasteiger partial charge in [-0.2, -0.15) is 0 Å². The third-order valence-corrected chi connectivity index (χ3v) is 5.98. The van der Waals surface area contributed by atoms with E-state index >= 15 is 0 Å². The predicted octanol–water partition coefficient (Wildman–Crippen LogP) is 5.94. The van der Waals surface area contributed by atoms with Gasteiger partial charge in [0.05, 0.1) is 23.7 Å². The summed E-state index contributed by atoms with van der Waals surface area (Å²) in [7, 11) is 0. The first kappa shape index (κ1) is 23.3. The van der Waals surface area contributed by atoms with Gasteiger partial charge in [-0.05, 0) is 56.5 Å². The summed E-state index contributed by atoms with van der Waals surface area (Å²) in [5, 5.41) is 7.17. The van der Waals surface area contributed by atoms with Gasteiger partial charge in [0.25, 0.3) is 0 Å². The fourth-order valence-electron chi connectivity index (χ4n) is 3.84. The number of aryl methyl sites for hydroxylation is 4. The van der Waals surface area contributed by atoms with Gasteiger partial charge in [0.15, 0.2) is 0 Å². The minimum Gasteiger partial charge on any atom is -0.489 e. The third-order valence-electron chi connectivity index (χ3n) is 5.98. The van der Waals surface area contributed by atoms with E-state index in [9.17, 15) is 4.79 Å². The van der Waals surface area contributed by atoms with Gasteiger partial charge in [0.2, 0.25) is 5.91 Å². The summed E-state index contributed by atoms with van der Waals surface area (Å²) < 4.78 is 11.1. The molecule has 0 spiro atoms. The van der Waals surface area contributed by atoms with Crippen LogP contribution in [0, 0.1) is 27.7 Å². The van der Waals surface area contributed by atoms with Gasteiger partial charge in [-0.3, -0.25) is 4.79 Å². The van der Waals surface area contributed by atoms with Crippen molar-refractivity contribution in [1.29, 1.82) is 0 Å². The fourth-order valence-corrected chi connectivity index (χ4v) is 3.84. The Morgan fingerprint density at radius 2 is 1.41 bits per heavy atom. The first-order valence-electron chi connectivity index (χ1n) is 11.4. The summed E-state index contributed by atoms with van der Waals surface area (Å²) in [5.74, 6) is 1.47. The highest BCUT2D eigenvalue weighted by molar-refractivity contribution is 5.79. The summed E-state index contributed by atoms with van der Waals surface area (Å²) >= 11 is 0. The number of hydrogen-bond donors (Lipinski definition) is 1. The maximum Gasteiger partial charge on any atom is 0.225 e. The van der Waals surface area contributed by atoms with Crippen LogP contribution >= 0.6 is 0 Å².